The Bertz CT molecular complexity index is 1870. The average Bonchev–Trinajstić information content (AvgIpc) is 3.68. The maximum atomic E-state index is 14.2. The minimum atomic E-state index is -1.14. The lowest BCUT2D eigenvalue weighted by Gasteiger charge is -2.36. The van der Waals surface area contributed by atoms with Gasteiger partial charge >= 0.3 is 5.97 Å². The maximum absolute atomic E-state index is 14.2. The van der Waals surface area contributed by atoms with Gasteiger partial charge in [-0.2, -0.15) is 0 Å². The van der Waals surface area contributed by atoms with Gasteiger partial charge in [-0.25, -0.2) is 4.79 Å². The fraction of sp³-hybridized carbons (Fsp3) is 0.532. The lowest BCUT2D eigenvalue weighted by atomic mass is 9.80. The van der Waals surface area contributed by atoms with Crippen LogP contribution in [0.2, 0.25) is 0 Å². The first-order valence-corrected chi connectivity index (χ1v) is 20.9. The molecule has 0 aromatic heterocycles. The third-order valence-corrected chi connectivity index (χ3v) is 11.6. The maximum Gasteiger partial charge on any atom is 0.339 e. The summed E-state index contributed by atoms with van der Waals surface area (Å²) in [7, 11) is 1.67. The van der Waals surface area contributed by atoms with Crippen molar-refractivity contribution in [3.8, 4) is 11.5 Å². The van der Waals surface area contributed by atoms with Gasteiger partial charge in [0.05, 0.1) is 11.6 Å². The Morgan fingerprint density at radius 3 is 1.86 bits per heavy atom. The SMILES string of the molecule is CCN(CC)c1ccc2c(c1)Oc1cc(N(CC)CC)ccc1C2c1ccccc1C(=O)O[C@@H](C)C(=O)N1CCC[C@H]1C(=O)N(C)[C@H](CC(C)C)C(=O)C(C)(C)C. The number of fused-ring (bicyclic) bond motifs is 2. The van der Waals surface area contributed by atoms with E-state index < -0.39 is 35.5 Å². The molecule has 1 fully saturated rings. The topological polar surface area (TPSA) is 99.7 Å². The molecule has 3 aromatic rings. The normalized spacial score (nSPS) is 16.3. The Kier molecular flexibility index (Phi) is 13.8. The van der Waals surface area contributed by atoms with Gasteiger partial charge in [0.1, 0.15) is 17.5 Å². The number of hydrogen-bond donors (Lipinski definition) is 0. The van der Waals surface area contributed by atoms with Crippen molar-refractivity contribution in [3.63, 3.8) is 0 Å². The van der Waals surface area contributed by atoms with Crippen LogP contribution < -0.4 is 14.5 Å². The van der Waals surface area contributed by atoms with E-state index in [1.807, 2.05) is 46.8 Å². The van der Waals surface area contributed by atoms with Crippen molar-refractivity contribution in [2.75, 3.05) is 49.6 Å². The number of carbonyl (C=O) groups is 4. The Balaban J connectivity index is 1.44. The summed E-state index contributed by atoms with van der Waals surface area (Å²) in [5.41, 5.74) is 4.45. The number of anilines is 2. The molecule has 10 heteroatoms. The van der Waals surface area contributed by atoms with Gasteiger partial charge in [0.2, 0.25) is 5.91 Å². The molecule has 0 N–H and O–H groups in total. The number of amides is 2. The van der Waals surface area contributed by atoms with Gasteiger partial charge in [0.25, 0.3) is 5.91 Å². The first-order chi connectivity index (χ1) is 27.1. The summed E-state index contributed by atoms with van der Waals surface area (Å²) in [6.07, 6.45) is 0.499. The molecule has 0 radical (unpaired) electrons. The number of benzene rings is 3. The number of carbonyl (C=O) groups excluding carboxylic acids is 4. The molecule has 0 saturated carbocycles. The monoisotopic (exact) mass is 780 g/mol. The number of likely N-dealkylation sites (tertiary alicyclic amines) is 1. The summed E-state index contributed by atoms with van der Waals surface area (Å²) in [6, 6.07) is 18.6. The summed E-state index contributed by atoms with van der Waals surface area (Å²) in [5, 5.41) is 0. The van der Waals surface area contributed by atoms with Gasteiger partial charge in [0.15, 0.2) is 11.9 Å². The van der Waals surface area contributed by atoms with Gasteiger partial charge in [-0.3, -0.25) is 14.4 Å². The van der Waals surface area contributed by atoms with Crippen LogP contribution in [0.5, 0.6) is 11.5 Å². The third kappa shape index (κ3) is 9.16. The zero-order valence-electron chi connectivity index (χ0n) is 36.1. The molecule has 2 aliphatic heterocycles. The predicted octanol–water partition coefficient (Wildman–Crippen LogP) is 8.69. The number of ketones is 1. The summed E-state index contributed by atoms with van der Waals surface area (Å²) < 4.78 is 12.7. The summed E-state index contributed by atoms with van der Waals surface area (Å²) in [6.45, 7) is 23.5. The van der Waals surface area contributed by atoms with Crippen LogP contribution in [0.15, 0.2) is 60.7 Å². The average molecular weight is 781 g/mol. The molecule has 57 heavy (non-hydrogen) atoms. The molecule has 308 valence electrons. The zero-order valence-corrected chi connectivity index (χ0v) is 36.1. The highest BCUT2D eigenvalue weighted by molar-refractivity contribution is 5.97. The van der Waals surface area contributed by atoms with Gasteiger partial charge in [-0.05, 0) is 83.6 Å². The second-order valence-electron chi connectivity index (χ2n) is 16.9. The van der Waals surface area contributed by atoms with E-state index in [-0.39, 0.29) is 23.5 Å². The van der Waals surface area contributed by atoms with Crippen molar-refractivity contribution in [2.45, 2.75) is 113 Å². The number of rotatable bonds is 15. The molecule has 0 spiro atoms. The zero-order chi connectivity index (χ0) is 41.8. The van der Waals surface area contributed by atoms with E-state index in [0.29, 0.717) is 31.4 Å². The second kappa shape index (κ2) is 18.2. The van der Waals surface area contributed by atoms with Crippen molar-refractivity contribution >= 4 is 34.9 Å². The van der Waals surface area contributed by atoms with E-state index in [9.17, 15) is 19.2 Å². The van der Waals surface area contributed by atoms with E-state index in [2.05, 4.69) is 73.9 Å². The number of ether oxygens (including phenoxy) is 2. The van der Waals surface area contributed by atoms with Crippen molar-refractivity contribution in [1.82, 2.24) is 9.80 Å². The Labute approximate surface area is 340 Å². The highest BCUT2D eigenvalue weighted by Gasteiger charge is 2.42. The van der Waals surface area contributed by atoms with Crippen molar-refractivity contribution in [3.05, 3.63) is 82.9 Å². The van der Waals surface area contributed by atoms with Crippen molar-refractivity contribution in [1.29, 1.82) is 0 Å². The number of Topliss-reactive ketones (excluding diaryl/α,β-unsaturated/α-hetero) is 1. The van der Waals surface area contributed by atoms with E-state index in [0.717, 1.165) is 65.7 Å². The lowest BCUT2D eigenvalue weighted by molar-refractivity contribution is -0.151. The van der Waals surface area contributed by atoms with Gasteiger partial charge in [0, 0.05) is 85.7 Å². The standard InChI is InChI=1S/C47H64N4O6/c1-12-49(13-2)32-22-24-36-40(28-32)57-41-29-33(50(14-3)15-4)23-25-37(41)42(36)34-19-16-17-20-35(34)46(55)56-31(7)44(53)51-26-18-21-38(51)45(54)48(11)39(27-30(5)6)43(52)47(8,9)10/h16-17,19-20,22-25,28-31,38-39,42H,12-15,18,21,26-27H2,1-11H3/t31-,38-,39+/m0/s1. The molecule has 3 aromatic carbocycles. The van der Waals surface area contributed by atoms with Crippen LogP contribution in [0.25, 0.3) is 0 Å². The van der Waals surface area contributed by atoms with Crippen LogP contribution in [0.4, 0.5) is 11.4 Å². The van der Waals surface area contributed by atoms with Crippen LogP contribution in [-0.4, -0.2) is 91.3 Å². The molecular weight excluding hydrogens is 717 g/mol. The molecule has 3 atom stereocenters. The molecule has 10 nitrogen and oxygen atoms in total. The van der Waals surface area contributed by atoms with Crippen LogP contribution in [0.3, 0.4) is 0 Å². The molecule has 2 aliphatic rings. The minimum Gasteiger partial charge on any atom is -0.457 e. The first-order valence-electron chi connectivity index (χ1n) is 20.9. The Hall–Kier alpha value is -4.86. The molecule has 0 unspecified atom stereocenters. The fourth-order valence-corrected chi connectivity index (χ4v) is 8.40. The van der Waals surface area contributed by atoms with E-state index in [4.69, 9.17) is 9.47 Å². The van der Waals surface area contributed by atoms with E-state index in [1.165, 1.54) is 9.80 Å². The lowest BCUT2D eigenvalue weighted by Crippen LogP contribution is -2.54. The number of likely N-dealkylation sites (N-methyl/N-ethyl adjacent to an activating group) is 1. The molecule has 1 saturated heterocycles. The fourth-order valence-electron chi connectivity index (χ4n) is 8.40. The number of nitrogens with zero attached hydrogens (tertiary/aromatic N) is 4. The highest BCUT2D eigenvalue weighted by Crippen LogP contribution is 2.50. The molecule has 2 heterocycles. The summed E-state index contributed by atoms with van der Waals surface area (Å²) >= 11 is 0. The van der Waals surface area contributed by atoms with Crippen LogP contribution in [0, 0.1) is 11.3 Å². The van der Waals surface area contributed by atoms with Crippen LogP contribution in [0.1, 0.15) is 121 Å². The molecule has 0 aliphatic carbocycles. The largest absolute Gasteiger partial charge is 0.457 e. The van der Waals surface area contributed by atoms with Crippen molar-refractivity contribution in [2.24, 2.45) is 11.3 Å². The third-order valence-electron chi connectivity index (χ3n) is 11.6. The van der Waals surface area contributed by atoms with Gasteiger partial charge in [-0.1, -0.05) is 65.0 Å². The first kappa shape index (κ1) is 43.3. The van der Waals surface area contributed by atoms with Crippen LogP contribution >= 0.6 is 0 Å². The number of hydrogen-bond acceptors (Lipinski definition) is 8. The molecular formula is C47H64N4O6. The number of esters is 1. The predicted molar refractivity (Wildman–Crippen MR) is 228 cm³/mol. The second-order valence-corrected chi connectivity index (χ2v) is 16.9. The van der Waals surface area contributed by atoms with E-state index >= 15 is 0 Å². The van der Waals surface area contributed by atoms with Gasteiger partial charge in [-0.15, -0.1) is 0 Å². The minimum absolute atomic E-state index is 0.00711. The quantitative estimate of drug-likeness (QED) is 0.111. The molecule has 2 amide bonds. The van der Waals surface area contributed by atoms with E-state index in [1.54, 1.807) is 26.1 Å². The molecule has 0 bridgehead atoms. The van der Waals surface area contributed by atoms with Gasteiger partial charge < -0.3 is 29.1 Å². The van der Waals surface area contributed by atoms with Crippen molar-refractivity contribution < 1.29 is 28.7 Å². The van der Waals surface area contributed by atoms with Crippen LogP contribution in [-0.2, 0) is 19.1 Å². The molecule has 5 rings (SSSR count). The highest BCUT2D eigenvalue weighted by atomic mass is 16.5. The Morgan fingerprint density at radius 2 is 1.35 bits per heavy atom. The smallest absolute Gasteiger partial charge is 0.339 e. The summed E-state index contributed by atoms with van der Waals surface area (Å²) in [4.78, 5) is 63.5. The summed E-state index contributed by atoms with van der Waals surface area (Å²) in [5.74, 6) is -0.0103. The Morgan fingerprint density at radius 1 is 0.807 bits per heavy atom.